The molecule has 50 valence electrons. The van der Waals surface area contributed by atoms with Crippen molar-refractivity contribution in [2.24, 2.45) is 0 Å². The molecule has 2 fully saturated rings. The molecular formula is C6H9NO2. The molecule has 2 saturated heterocycles. The van der Waals surface area contributed by atoms with E-state index in [0.29, 0.717) is 0 Å². The Morgan fingerprint density at radius 3 is 2.44 bits per heavy atom. The highest BCUT2D eigenvalue weighted by atomic mass is 16.6. The van der Waals surface area contributed by atoms with E-state index in [1.165, 1.54) is 0 Å². The summed E-state index contributed by atoms with van der Waals surface area (Å²) >= 11 is 0. The first kappa shape index (κ1) is 5.23. The fourth-order valence-electron chi connectivity index (χ4n) is 1.32. The second-order valence-corrected chi connectivity index (χ2v) is 3.19. The van der Waals surface area contributed by atoms with Crippen LogP contribution in [-0.4, -0.2) is 23.7 Å². The van der Waals surface area contributed by atoms with Gasteiger partial charge in [0.15, 0.2) is 6.10 Å². The van der Waals surface area contributed by atoms with Crippen LogP contribution in [0.5, 0.6) is 0 Å². The maximum absolute atomic E-state index is 10.8. The highest BCUT2D eigenvalue weighted by molar-refractivity contribution is 5.88. The molecule has 0 saturated carbocycles. The van der Waals surface area contributed by atoms with Crippen LogP contribution >= 0.6 is 0 Å². The number of carbonyl (C=O) groups excluding carboxylic acids is 1. The SMILES string of the molecule is CC1(C)NC(=O)C2OC21. The van der Waals surface area contributed by atoms with Crippen LogP contribution in [0.3, 0.4) is 0 Å². The molecule has 0 aromatic heterocycles. The van der Waals surface area contributed by atoms with Gasteiger partial charge in [-0.15, -0.1) is 0 Å². The summed E-state index contributed by atoms with van der Waals surface area (Å²) in [5.74, 6) is 0.0463. The Labute approximate surface area is 53.4 Å². The fraction of sp³-hybridized carbons (Fsp3) is 0.833. The Balaban J connectivity index is 2.26. The molecule has 3 nitrogen and oxygen atoms in total. The molecule has 1 N–H and O–H groups in total. The Hall–Kier alpha value is -0.570. The molecule has 2 unspecified atom stereocenters. The summed E-state index contributed by atoms with van der Waals surface area (Å²) in [6.45, 7) is 3.95. The van der Waals surface area contributed by atoms with Crippen molar-refractivity contribution in [2.75, 3.05) is 0 Å². The van der Waals surface area contributed by atoms with Crippen molar-refractivity contribution in [3.8, 4) is 0 Å². The molecule has 3 heteroatoms. The van der Waals surface area contributed by atoms with Crippen LogP contribution in [0.4, 0.5) is 0 Å². The summed E-state index contributed by atoms with van der Waals surface area (Å²) in [4.78, 5) is 10.8. The van der Waals surface area contributed by atoms with Gasteiger partial charge in [-0.3, -0.25) is 4.79 Å². The zero-order valence-electron chi connectivity index (χ0n) is 5.47. The zero-order valence-corrected chi connectivity index (χ0v) is 5.47. The van der Waals surface area contributed by atoms with Gasteiger partial charge in [0.2, 0.25) is 0 Å². The number of carbonyl (C=O) groups is 1. The fourth-order valence-corrected chi connectivity index (χ4v) is 1.32. The Morgan fingerprint density at radius 2 is 2.33 bits per heavy atom. The van der Waals surface area contributed by atoms with Crippen LogP contribution in [0.2, 0.25) is 0 Å². The van der Waals surface area contributed by atoms with E-state index in [-0.39, 0.29) is 23.7 Å². The van der Waals surface area contributed by atoms with Crippen LogP contribution in [0.1, 0.15) is 13.8 Å². The minimum atomic E-state index is -0.125. The van der Waals surface area contributed by atoms with Gasteiger partial charge in [-0.2, -0.15) is 0 Å². The first-order valence-electron chi connectivity index (χ1n) is 3.09. The number of amides is 1. The van der Waals surface area contributed by atoms with E-state index in [1.54, 1.807) is 0 Å². The average Bonchev–Trinajstić information content (AvgIpc) is 2.33. The van der Waals surface area contributed by atoms with E-state index < -0.39 is 0 Å². The van der Waals surface area contributed by atoms with E-state index >= 15 is 0 Å². The van der Waals surface area contributed by atoms with Gasteiger partial charge in [0.25, 0.3) is 5.91 Å². The smallest absolute Gasteiger partial charge is 0.252 e. The topological polar surface area (TPSA) is 41.6 Å². The molecule has 0 bridgehead atoms. The molecule has 0 spiro atoms. The third kappa shape index (κ3) is 0.525. The van der Waals surface area contributed by atoms with Crippen molar-refractivity contribution in [3.05, 3.63) is 0 Å². The van der Waals surface area contributed by atoms with Gasteiger partial charge in [0, 0.05) is 0 Å². The lowest BCUT2D eigenvalue weighted by Gasteiger charge is -2.18. The third-order valence-electron chi connectivity index (χ3n) is 1.91. The molecule has 2 atom stereocenters. The van der Waals surface area contributed by atoms with Crippen molar-refractivity contribution in [1.82, 2.24) is 5.32 Å². The zero-order chi connectivity index (χ0) is 6.65. The van der Waals surface area contributed by atoms with E-state index in [1.807, 2.05) is 13.8 Å². The molecule has 2 aliphatic rings. The Kier molecular flexibility index (Phi) is 0.662. The minimum Gasteiger partial charge on any atom is -0.357 e. The second-order valence-electron chi connectivity index (χ2n) is 3.19. The molecule has 0 aromatic rings. The summed E-state index contributed by atoms with van der Waals surface area (Å²) in [6, 6.07) is 0. The molecule has 2 heterocycles. The van der Waals surface area contributed by atoms with Crippen molar-refractivity contribution >= 4 is 5.91 Å². The normalized spacial score (nSPS) is 44.0. The number of ether oxygens (including phenoxy) is 1. The van der Waals surface area contributed by atoms with E-state index in [2.05, 4.69) is 5.32 Å². The Morgan fingerprint density at radius 1 is 1.67 bits per heavy atom. The molecule has 0 radical (unpaired) electrons. The minimum absolute atomic E-state index is 0.0463. The number of rotatable bonds is 0. The van der Waals surface area contributed by atoms with Crippen LogP contribution < -0.4 is 5.32 Å². The molecular weight excluding hydrogens is 118 g/mol. The van der Waals surface area contributed by atoms with Gasteiger partial charge in [-0.1, -0.05) is 0 Å². The number of fused-ring (bicyclic) bond motifs is 1. The summed E-state index contributed by atoms with van der Waals surface area (Å²) in [6.07, 6.45) is 0.0185. The maximum Gasteiger partial charge on any atom is 0.252 e. The van der Waals surface area contributed by atoms with Gasteiger partial charge in [-0.05, 0) is 13.8 Å². The lowest BCUT2D eigenvalue weighted by molar-refractivity contribution is -0.123. The van der Waals surface area contributed by atoms with Crippen LogP contribution in [0.15, 0.2) is 0 Å². The summed E-state index contributed by atoms with van der Waals surface area (Å²) < 4.78 is 5.07. The predicted octanol–water partition coefficient (Wildman–Crippen LogP) is -0.338. The second kappa shape index (κ2) is 1.14. The lowest BCUT2D eigenvalue weighted by atomic mass is 10.0. The maximum atomic E-state index is 10.8. The van der Waals surface area contributed by atoms with Crippen LogP contribution in [0, 0.1) is 0 Å². The quantitative estimate of drug-likeness (QED) is 0.452. The van der Waals surface area contributed by atoms with Crippen molar-refractivity contribution in [1.29, 1.82) is 0 Å². The van der Waals surface area contributed by atoms with Crippen LogP contribution in [-0.2, 0) is 9.53 Å². The average molecular weight is 127 g/mol. The first-order chi connectivity index (χ1) is 4.11. The largest absolute Gasteiger partial charge is 0.357 e. The number of hydrogen-bond donors (Lipinski definition) is 1. The molecule has 0 aliphatic carbocycles. The number of epoxide rings is 1. The number of hydrogen-bond acceptors (Lipinski definition) is 2. The molecule has 2 rings (SSSR count). The highest BCUT2D eigenvalue weighted by Gasteiger charge is 2.60. The van der Waals surface area contributed by atoms with Crippen molar-refractivity contribution in [2.45, 2.75) is 31.6 Å². The number of morpholine rings is 1. The number of nitrogens with one attached hydrogen (secondary N) is 1. The first-order valence-corrected chi connectivity index (χ1v) is 3.09. The van der Waals surface area contributed by atoms with E-state index in [9.17, 15) is 4.79 Å². The van der Waals surface area contributed by atoms with E-state index in [0.717, 1.165) is 0 Å². The molecule has 1 amide bonds. The summed E-state index contributed by atoms with van der Waals surface area (Å²) in [5.41, 5.74) is -0.123. The van der Waals surface area contributed by atoms with Gasteiger partial charge < -0.3 is 10.1 Å². The van der Waals surface area contributed by atoms with Gasteiger partial charge in [0.1, 0.15) is 6.10 Å². The molecule has 9 heavy (non-hydrogen) atoms. The van der Waals surface area contributed by atoms with Gasteiger partial charge >= 0.3 is 0 Å². The summed E-state index contributed by atoms with van der Waals surface area (Å²) in [5, 5.41) is 2.83. The monoisotopic (exact) mass is 127 g/mol. The van der Waals surface area contributed by atoms with Crippen molar-refractivity contribution < 1.29 is 9.53 Å². The standard InChI is InChI=1S/C6H9NO2/c1-6(2)4-3(9-4)5(8)7-6/h3-4H,1-2H3,(H,7,8). The predicted molar refractivity (Wildman–Crippen MR) is 30.9 cm³/mol. The van der Waals surface area contributed by atoms with Gasteiger partial charge in [-0.25, -0.2) is 0 Å². The third-order valence-corrected chi connectivity index (χ3v) is 1.91. The molecule has 2 aliphatic heterocycles. The molecule has 0 aromatic carbocycles. The summed E-state index contributed by atoms with van der Waals surface area (Å²) in [7, 11) is 0. The van der Waals surface area contributed by atoms with Crippen LogP contribution in [0.25, 0.3) is 0 Å². The van der Waals surface area contributed by atoms with E-state index in [4.69, 9.17) is 4.74 Å². The van der Waals surface area contributed by atoms with Crippen molar-refractivity contribution in [3.63, 3.8) is 0 Å². The highest BCUT2D eigenvalue weighted by Crippen LogP contribution is 2.37. The lowest BCUT2D eigenvalue weighted by Crippen LogP contribution is -2.41. The van der Waals surface area contributed by atoms with Gasteiger partial charge in [0.05, 0.1) is 5.54 Å². The Bertz CT molecular complexity index is 176.